The van der Waals surface area contributed by atoms with Crippen molar-refractivity contribution >= 4 is 11.6 Å². The van der Waals surface area contributed by atoms with E-state index >= 15 is 0 Å². The van der Waals surface area contributed by atoms with Crippen LogP contribution in [-0.4, -0.2) is 15.6 Å². The van der Waals surface area contributed by atoms with Crippen molar-refractivity contribution in [2.24, 2.45) is 0 Å². The number of hydrogen-bond acceptors (Lipinski definition) is 2. The van der Waals surface area contributed by atoms with Gasteiger partial charge in [-0.25, -0.2) is 4.98 Å². The number of aromatic nitrogens is 2. The SMILES string of the molecule is CC(C)NCc1ccc(-n2cnc3c2CCCC3)c(Cl)c1. The molecule has 0 radical (unpaired) electrons. The largest absolute Gasteiger partial charge is 0.310 e. The number of rotatable bonds is 4. The molecule has 2 aromatic rings. The molecule has 1 aromatic heterocycles. The van der Waals surface area contributed by atoms with Crippen LogP contribution in [0.1, 0.15) is 43.6 Å². The molecule has 1 N–H and O–H groups in total. The van der Waals surface area contributed by atoms with Gasteiger partial charge in [0, 0.05) is 18.3 Å². The van der Waals surface area contributed by atoms with E-state index in [1.54, 1.807) is 0 Å². The normalized spacial score (nSPS) is 14.5. The van der Waals surface area contributed by atoms with E-state index in [9.17, 15) is 0 Å². The van der Waals surface area contributed by atoms with Crippen molar-refractivity contribution in [2.45, 2.75) is 52.1 Å². The minimum atomic E-state index is 0.476. The van der Waals surface area contributed by atoms with Gasteiger partial charge in [0.1, 0.15) is 0 Å². The average molecular weight is 304 g/mol. The number of nitrogens with zero attached hydrogens (tertiary/aromatic N) is 2. The van der Waals surface area contributed by atoms with Crippen LogP contribution in [0.4, 0.5) is 0 Å². The number of imidazole rings is 1. The molecule has 0 atom stereocenters. The fourth-order valence-electron chi connectivity index (χ4n) is 2.85. The van der Waals surface area contributed by atoms with Gasteiger partial charge in [-0.15, -0.1) is 0 Å². The minimum absolute atomic E-state index is 0.476. The third-order valence-corrected chi connectivity index (χ3v) is 4.32. The second-order valence-corrected chi connectivity index (χ2v) is 6.44. The molecule has 0 saturated carbocycles. The molecule has 0 fully saturated rings. The maximum absolute atomic E-state index is 6.50. The summed E-state index contributed by atoms with van der Waals surface area (Å²) in [5, 5.41) is 4.21. The van der Waals surface area contributed by atoms with Crippen LogP contribution in [0.3, 0.4) is 0 Å². The smallest absolute Gasteiger partial charge is 0.0998 e. The topological polar surface area (TPSA) is 29.9 Å². The van der Waals surface area contributed by atoms with Crippen molar-refractivity contribution in [3.63, 3.8) is 0 Å². The standard InChI is InChI=1S/C17H22ClN3/c1-12(2)19-10-13-7-8-16(14(18)9-13)21-11-20-15-5-3-4-6-17(15)21/h7-9,11-12,19H,3-6,10H2,1-2H3. The first kappa shape index (κ1) is 14.6. The first-order chi connectivity index (χ1) is 10.1. The second-order valence-electron chi connectivity index (χ2n) is 6.04. The van der Waals surface area contributed by atoms with Gasteiger partial charge in [-0.3, -0.25) is 0 Å². The minimum Gasteiger partial charge on any atom is -0.310 e. The Morgan fingerprint density at radius 3 is 2.86 bits per heavy atom. The zero-order valence-electron chi connectivity index (χ0n) is 12.7. The molecule has 1 aliphatic carbocycles. The van der Waals surface area contributed by atoms with Crippen LogP contribution < -0.4 is 5.32 Å². The first-order valence-electron chi connectivity index (χ1n) is 7.72. The lowest BCUT2D eigenvalue weighted by Gasteiger charge is -2.16. The number of nitrogens with one attached hydrogen (secondary N) is 1. The van der Waals surface area contributed by atoms with E-state index in [1.165, 1.54) is 29.8 Å². The molecular weight excluding hydrogens is 282 g/mol. The molecule has 0 bridgehead atoms. The van der Waals surface area contributed by atoms with Crippen LogP contribution >= 0.6 is 11.6 Å². The quantitative estimate of drug-likeness (QED) is 0.928. The summed E-state index contributed by atoms with van der Waals surface area (Å²) in [6, 6.07) is 6.79. The molecule has 0 amide bonds. The van der Waals surface area contributed by atoms with E-state index in [0.29, 0.717) is 6.04 Å². The highest BCUT2D eigenvalue weighted by molar-refractivity contribution is 6.32. The van der Waals surface area contributed by atoms with Gasteiger partial charge in [0.25, 0.3) is 0 Å². The van der Waals surface area contributed by atoms with Crippen LogP contribution in [0.5, 0.6) is 0 Å². The van der Waals surface area contributed by atoms with Crippen molar-refractivity contribution in [2.75, 3.05) is 0 Å². The zero-order valence-corrected chi connectivity index (χ0v) is 13.5. The van der Waals surface area contributed by atoms with Gasteiger partial charge < -0.3 is 9.88 Å². The van der Waals surface area contributed by atoms with Crippen LogP contribution in [-0.2, 0) is 19.4 Å². The highest BCUT2D eigenvalue weighted by atomic mass is 35.5. The van der Waals surface area contributed by atoms with E-state index in [2.05, 4.69) is 46.9 Å². The summed E-state index contributed by atoms with van der Waals surface area (Å²) in [7, 11) is 0. The van der Waals surface area contributed by atoms with E-state index in [4.69, 9.17) is 11.6 Å². The second kappa shape index (κ2) is 6.20. The number of fused-ring (bicyclic) bond motifs is 1. The summed E-state index contributed by atoms with van der Waals surface area (Å²) in [6.45, 7) is 5.14. The van der Waals surface area contributed by atoms with Crippen LogP contribution in [0.2, 0.25) is 5.02 Å². The van der Waals surface area contributed by atoms with Gasteiger partial charge in [0.05, 0.1) is 22.7 Å². The highest BCUT2D eigenvalue weighted by Crippen LogP contribution is 2.27. The summed E-state index contributed by atoms with van der Waals surface area (Å²) in [4.78, 5) is 4.55. The number of aryl methyl sites for hydroxylation is 1. The predicted octanol–water partition coefficient (Wildman–Crippen LogP) is 3.90. The number of halogens is 1. The number of benzene rings is 1. The molecular formula is C17H22ClN3. The Morgan fingerprint density at radius 2 is 2.10 bits per heavy atom. The third kappa shape index (κ3) is 3.14. The molecule has 0 saturated heterocycles. The molecule has 0 spiro atoms. The van der Waals surface area contributed by atoms with Crippen molar-refractivity contribution in [1.29, 1.82) is 0 Å². The van der Waals surface area contributed by atoms with Gasteiger partial charge >= 0.3 is 0 Å². The fraction of sp³-hybridized carbons (Fsp3) is 0.471. The third-order valence-electron chi connectivity index (χ3n) is 4.02. The number of hydrogen-bond donors (Lipinski definition) is 1. The molecule has 3 nitrogen and oxygen atoms in total. The Hall–Kier alpha value is -1.32. The molecule has 1 heterocycles. The lowest BCUT2D eigenvalue weighted by Crippen LogP contribution is -2.21. The van der Waals surface area contributed by atoms with E-state index in [-0.39, 0.29) is 0 Å². The summed E-state index contributed by atoms with van der Waals surface area (Å²) < 4.78 is 2.16. The summed E-state index contributed by atoms with van der Waals surface area (Å²) >= 11 is 6.50. The maximum Gasteiger partial charge on any atom is 0.0998 e. The monoisotopic (exact) mass is 303 g/mol. The average Bonchev–Trinajstić information content (AvgIpc) is 2.89. The first-order valence-corrected chi connectivity index (χ1v) is 8.10. The van der Waals surface area contributed by atoms with Gasteiger partial charge in [0.2, 0.25) is 0 Å². The molecule has 1 aromatic carbocycles. The Labute approximate surface area is 131 Å². The van der Waals surface area contributed by atoms with E-state index in [1.807, 2.05) is 6.33 Å². The molecule has 0 aliphatic heterocycles. The Morgan fingerprint density at radius 1 is 1.29 bits per heavy atom. The van der Waals surface area contributed by atoms with E-state index in [0.717, 1.165) is 30.1 Å². The lowest BCUT2D eigenvalue weighted by molar-refractivity contribution is 0.589. The fourth-order valence-corrected chi connectivity index (χ4v) is 3.15. The lowest BCUT2D eigenvalue weighted by atomic mass is 10.0. The van der Waals surface area contributed by atoms with Crippen molar-refractivity contribution in [3.8, 4) is 5.69 Å². The van der Waals surface area contributed by atoms with Crippen molar-refractivity contribution in [3.05, 3.63) is 46.5 Å². The molecule has 21 heavy (non-hydrogen) atoms. The Bertz CT molecular complexity index is 631. The maximum atomic E-state index is 6.50. The van der Waals surface area contributed by atoms with Crippen LogP contribution in [0.15, 0.2) is 24.5 Å². The Kier molecular flexibility index (Phi) is 4.32. The molecule has 4 heteroatoms. The van der Waals surface area contributed by atoms with E-state index < -0.39 is 0 Å². The summed E-state index contributed by atoms with van der Waals surface area (Å²) in [6.07, 6.45) is 6.60. The van der Waals surface area contributed by atoms with Crippen molar-refractivity contribution < 1.29 is 0 Å². The van der Waals surface area contributed by atoms with Gasteiger partial charge in [-0.1, -0.05) is 31.5 Å². The molecule has 0 unspecified atom stereocenters. The highest BCUT2D eigenvalue weighted by Gasteiger charge is 2.17. The zero-order chi connectivity index (χ0) is 14.8. The van der Waals surface area contributed by atoms with Gasteiger partial charge in [0.15, 0.2) is 0 Å². The van der Waals surface area contributed by atoms with Gasteiger partial charge in [-0.2, -0.15) is 0 Å². The van der Waals surface area contributed by atoms with Gasteiger partial charge in [-0.05, 0) is 43.4 Å². The summed E-state index contributed by atoms with van der Waals surface area (Å²) in [5.74, 6) is 0. The van der Waals surface area contributed by atoms with Crippen LogP contribution in [0, 0.1) is 0 Å². The molecule has 1 aliphatic rings. The Balaban J connectivity index is 1.87. The molecule has 3 rings (SSSR count). The van der Waals surface area contributed by atoms with Crippen molar-refractivity contribution in [1.82, 2.24) is 14.9 Å². The van der Waals surface area contributed by atoms with Crippen LogP contribution in [0.25, 0.3) is 5.69 Å². The molecule has 112 valence electrons. The summed E-state index contributed by atoms with van der Waals surface area (Å²) in [5.41, 5.74) is 4.83. The predicted molar refractivity (Wildman–Crippen MR) is 87.2 cm³/mol.